The first-order chi connectivity index (χ1) is 14.2. The highest BCUT2D eigenvalue weighted by Gasteiger charge is 2.30. The van der Waals surface area contributed by atoms with Crippen LogP contribution in [-0.4, -0.2) is 46.4 Å². The van der Waals surface area contributed by atoms with Gasteiger partial charge in [-0.3, -0.25) is 9.59 Å². The Morgan fingerprint density at radius 3 is 2.13 bits per heavy atom. The monoisotopic (exact) mass is 435 g/mol. The molecule has 0 spiro atoms. The summed E-state index contributed by atoms with van der Waals surface area (Å²) in [6, 6.07) is 7.12. The van der Waals surface area contributed by atoms with Gasteiger partial charge in [-0.05, 0) is 44.2 Å². The van der Waals surface area contributed by atoms with E-state index in [2.05, 4.69) is 10.6 Å². The van der Waals surface area contributed by atoms with E-state index in [4.69, 9.17) is 18.0 Å². The van der Waals surface area contributed by atoms with Gasteiger partial charge in [0.05, 0.1) is 5.92 Å². The molecular weight excluding hydrogens is 402 g/mol. The molecule has 166 valence electrons. The lowest BCUT2D eigenvalue weighted by atomic mass is 9.91. The van der Waals surface area contributed by atoms with Crippen molar-refractivity contribution >= 4 is 34.9 Å². The molecule has 1 aromatic rings. The van der Waals surface area contributed by atoms with Crippen LogP contribution in [0.3, 0.4) is 0 Å². The first-order valence-corrected chi connectivity index (χ1v) is 10.7. The molecule has 0 aromatic heterocycles. The normalized spacial score (nSPS) is 13.9. The number of unbranched alkanes of at least 4 members (excludes halogenated alkanes) is 1. The molecule has 0 aliphatic rings. The van der Waals surface area contributed by atoms with E-state index in [1.165, 1.54) is 0 Å². The standard InChI is InChI=1S/C22H33N3O4S/c1-14(2)19(15(3)30)21(27)24-17(11-7-8-12-23)20(26)25-18(22(28)29)13-16-9-5-4-6-10-16/h4-6,9-10,14,17-19H,7-8,11-13,23H2,1-3H3,(H,24,27)(H,25,26)(H,28,29). The highest BCUT2D eigenvalue weighted by atomic mass is 32.1. The highest BCUT2D eigenvalue weighted by molar-refractivity contribution is 7.80. The summed E-state index contributed by atoms with van der Waals surface area (Å²) in [7, 11) is 0. The number of hydrogen-bond acceptors (Lipinski definition) is 5. The van der Waals surface area contributed by atoms with Crippen molar-refractivity contribution in [1.82, 2.24) is 10.6 Å². The van der Waals surface area contributed by atoms with Crippen molar-refractivity contribution in [3.8, 4) is 0 Å². The highest BCUT2D eigenvalue weighted by Crippen LogP contribution is 2.15. The fourth-order valence-electron chi connectivity index (χ4n) is 3.30. The topological polar surface area (TPSA) is 122 Å². The van der Waals surface area contributed by atoms with Gasteiger partial charge in [-0.1, -0.05) is 56.4 Å². The molecular formula is C22H33N3O4S. The van der Waals surface area contributed by atoms with Crippen LogP contribution in [0.1, 0.15) is 45.6 Å². The third-order valence-corrected chi connectivity index (χ3v) is 5.12. The van der Waals surface area contributed by atoms with Gasteiger partial charge in [0.25, 0.3) is 0 Å². The first kappa shape index (κ1) is 25.7. The van der Waals surface area contributed by atoms with E-state index in [0.717, 1.165) is 5.56 Å². The maximum atomic E-state index is 12.9. The second kappa shape index (κ2) is 13.1. The number of hydrogen-bond donors (Lipinski definition) is 4. The van der Waals surface area contributed by atoms with Crippen molar-refractivity contribution in [3.63, 3.8) is 0 Å². The van der Waals surface area contributed by atoms with E-state index in [1.807, 2.05) is 32.0 Å². The average molecular weight is 436 g/mol. The first-order valence-electron chi connectivity index (χ1n) is 10.2. The number of carbonyl (C=O) groups excluding carboxylic acids is 2. The van der Waals surface area contributed by atoms with E-state index in [9.17, 15) is 19.5 Å². The maximum absolute atomic E-state index is 12.9. The molecule has 30 heavy (non-hydrogen) atoms. The number of aliphatic carboxylic acids is 1. The van der Waals surface area contributed by atoms with Crippen LogP contribution in [0.4, 0.5) is 0 Å². The Balaban J connectivity index is 2.93. The van der Waals surface area contributed by atoms with E-state index in [-0.39, 0.29) is 18.2 Å². The van der Waals surface area contributed by atoms with Crippen molar-refractivity contribution < 1.29 is 19.5 Å². The Kier molecular flexibility index (Phi) is 11.2. The van der Waals surface area contributed by atoms with Crippen molar-refractivity contribution in [1.29, 1.82) is 0 Å². The van der Waals surface area contributed by atoms with Gasteiger partial charge in [0.2, 0.25) is 11.8 Å². The van der Waals surface area contributed by atoms with E-state index >= 15 is 0 Å². The molecule has 0 radical (unpaired) electrons. The quantitative estimate of drug-likeness (QED) is 0.278. The zero-order valence-electron chi connectivity index (χ0n) is 17.9. The minimum absolute atomic E-state index is 0.0138. The molecule has 2 amide bonds. The Morgan fingerprint density at radius 2 is 1.63 bits per heavy atom. The van der Waals surface area contributed by atoms with Gasteiger partial charge in [-0.2, -0.15) is 0 Å². The molecule has 1 aromatic carbocycles. The van der Waals surface area contributed by atoms with Crippen molar-refractivity contribution in [2.24, 2.45) is 17.6 Å². The van der Waals surface area contributed by atoms with Gasteiger partial charge in [0, 0.05) is 11.3 Å². The summed E-state index contributed by atoms with van der Waals surface area (Å²) in [5, 5.41) is 14.9. The van der Waals surface area contributed by atoms with Crippen LogP contribution >= 0.6 is 12.2 Å². The molecule has 3 atom stereocenters. The second-order valence-corrected chi connectivity index (χ2v) is 8.41. The molecule has 5 N–H and O–H groups in total. The van der Waals surface area contributed by atoms with Gasteiger partial charge < -0.3 is 21.5 Å². The summed E-state index contributed by atoms with van der Waals surface area (Å²) in [6.45, 7) is 5.97. The number of thiocarbonyl (C=S) groups is 1. The summed E-state index contributed by atoms with van der Waals surface area (Å²) in [6.07, 6.45) is 1.85. The smallest absolute Gasteiger partial charge is 0.326 e. The Labute approximate surface area is 183 Å². The number of benzene rings is 1. The predicted molar refractivity (Wildman–Crippen MR) is 121 cm³/mol. The van der Waals surface area contributed by atoms with Crippen LogP contribution < -0.4 is 16.4 Å². The molecule has 8 heteroatoms. The number of carbonyl (C=O) groups is 3. The summed E-state index contributed by atoms with van der Waals surface area (Å²) in [4.78, 5) is 37.9. The summed E-state index contributed by atoms with van der Waals surface area (Å²) in [5.74, 6) is -2.48. The van der Waals surface area contributed by atoms with Gasteiger partial charge in [0.1, 0.15) is 12.1 Å². The third-order valence-electron chi connectivity index (χ3n) is 4.86. The molecule has 0 fully saturated rings. The largest absolute Gasteiger partial charge is 0.480 e. The minimum Gasteiger partial charge on any atom is -0.480 e. The molecule has 0 heterocycles. The van der Waals surface area contributed by atoms with Crippen LogP contribution in [0.2, 0.25) is 0 Å². The summed E-state index contributed by atoms with van der Waals surface area (Å²) < 4.78 is 0. The number of carboxylic acid groups (broad SMARTS) is 1. The Morgan fingerprint density at radius 1 is 1.03 bits per heavy atom. The lowest BCUT2D eigenvalue weighted by Crippen LogP contribution is -2.54. The maximum Gasteiger partial charge on any atom is 0.326 e. The minimum atomic E-state index is -1.13. The molecule has 7 nitrogen and oxygen atoms in total. The zero-order chi connectivity index (χ0) is 22.7. The molecule has 0 bridgehead atoms. The van der Waals surface area contributed by atoms with Crippen LogP contribution in [-0.2, 0) is 20.8 Å². The fourth-order valence-corrected chi connectivity index (χ4v) is 3.68. The van der Waals surface area contributed by atoms with Gasteiger partial charge in [-0.25, -0.2) is 4.79 Å². The van der Waals surface area contributed by atoms with Crippen LogP contribution in [0.15, 0.2) is 30.3 Å². The molecule has 0 saturated carbocycles. The summed E-state index contributed by atoms with van der Waals surface area (Å²) >= 11 is 5.22. The van der Waals surface area contributed by atoms with Gasteiger partial charge >= 0.3 is 5.97 Å². The van der Waals surface area contributed by atoms with Crippen molar-refractivity contribution in [2.45, 2.75) is 58.5 Å². The SMILES string of the molecule is CC(=S)C(C(=O)NC(CCCCN)C(=O)NC(Cc1ccccc1)C(=O)O)C(C)C. The number of carboxylic acids is 1. The molecule has 3 unspecified atom stereocenters. The van der Waals surface area contributed by atoms with Crippen LogP contribution in [0.5, 0.6) is 0 Å². The molecule has 0 saturated heterocycles. The molecule has 0 aliphatic carbocycles. The lowest BCUT2D eigenvalue weighted by molar-refractivity contribution is -0.142. The Hall–Kier alpha value is -2.32. The second-order valence-electron chi connectivity index (χ2n) is 7.77. The lowest BCUT2D eigenvalue weighted by Gasteiger charge is -2.25. The zero-order valence-corrected chi connectivity index (χ0v) is 18.7. The van der Waals surface area contributed by atoms with Gasteiger partial charge in [0.15, 0.2) is 0 Å². The number of nitrogens with two attached hydrogens (primary N) is 1. The summed E-state index contributed by atoms with van der Waals surface area (Å²) in [5.41, 5.74) is 6.34. The van der Waals surface area contributed by atoms with Crippen LogP contribution in [0.25, 0.3) is 0 Å². The molecule has 0 aliphatic heterocycles. The van der Waals surface area contributed by atoms with E-state index in [1.54, 1.807) is 19.1 Å². The fraction of sp³-hybridized carbons (Fsp3) is 0.545. The van der Waals surface area contributed by atoms with Crippen molar-refractivity contribution in [2.75, 3.05) is 6.54 Å². The van der Waals surface area contributed by atoms with Crippen molar-refractivity contribution in [3.05, 3.63) is 35.9 Å². The number of amides is 2. The van der Waals surface area contributed by atoms with E-state index < -0.39 is 29.9 Å². The average Bonchev–Trinajstić information content (AvgIpc) is 2.66. The third kappa shape index (κ3) is 8.59. The Bertz CT molecular complexity index is 724. The number of rotatable bonds is 13. The number of nitrogens with one attached hydrogen (secondary N) is 2. The van der Waals surface area contributed by atoms with Crippen LogP contribution in [0, 0.1) is 11.8 Å². The predicted octanol–water partition coefficient (Wildman–Crippen LogP) is 2.07. The molecule has 1 rings (SSSR count). The van der Waals surface area contributed by atoms with Gasteiger partial charge in [-0.15, -0.1) is 0 Å². The van der Waals surface area contributed by atoms with E-state index in [0.29, 0.717) is 30.7 Å².